The molecule has 1 unspecified atom stereocenters. The van der Waals surface area contributed by atoms with Crippen molar-refractivity contribution in [3.8, 4) is 0 Å². The van der Waals surface area contributed by atoms with Crippen LogP contribution in [0.5, 0.6) is 0 Å². The highest BCUT2D eigenvalue weighted by atomic mass is 79.9. The smallest absolute Gasteiger partial charge is 0.0472 e. The minimum Gasteiger partial charge on any atom is -0.311 e. The third-order valence-corrected chi connectivity index (χ3v) is 4.81. The highest BCUT2D eigenvalue weighted by Crippen LogP contribution is 2.24. The van der Waals surface area contributed by atoms with Gasteiger partial charge in [0.05, 0.1) is 0 Å². The Hall–Kier alpha value is -1.16. The molecule has 1 saturated heterocycles. The lowest BCUT2D eigenvalue weighted by Crippen LogP contribution is -2.34. The minimum absolute atomic E-state index is 0.482. The predicted molar refractivity (Wildman–Crippen MR) is 95.8 cm³/mol. The van der Waals surface area contributed by atoms with Crippen LogP contribution in [-0.4, -0.2) is 24.5 Å². The molecule has 0 aliphatic carbocycles. The maximum atomic E-state index is 3.64. The number of likely N-dealkylation sites (tertiary alicyclic amines) is 1. The Bertz CT molecular complexity index is 579. The van der Waals surface area contributed by atoms with Crippen molar-refractivity contribution in [3.63, 3.8) is 0 Å². The summed E-state index contributed by atoms with van der Waals surface area (Å²) >= 11 is 3.54. The second-order valence-electron chi connectivity index (χ2n) is 5.93. The highest BCUT2D eigenvalue weighted by Gasteiger charge is 2.22. The third-order valence-electron chi connectivity index (χ3n) is 4.32. The van der Waals surface area contributed by atoms with E-state index in [0.717, 1.165) is 17.6 Å². The summed E-state index contributed by atoms with van der Waals surface area (Å²) in [5.74, 6) is 0. The first-order valence-electron chi connectivity index (χ1n) is 8.07. The van der Waals surface area contributed by atoms with Gasteiger partial charge in [-0.05, 0) is 49.2 Å². The Morgan fingerprint density at radius 1 is 1.00 bits per heavy atom. The molecule has 3 heteroatoms. The van der Waals surface area contributed by atoms with E-state index in [4.69, 9.17) is 0 Å². The lowest BCUT2D eigenvalue weighted by molar-refractivity contribution is 0.238. The van der Waals surface area contributed by atoms with E-state index >= 15 is 0 Å². The monoisotopic (exact) mass is 358 g/mol. The van der Waals surface area contributed by atoms with Crippen LogP contribution in [0.2, 0.25) is 0 Å². The predicted octanol–water partition coefficient (Wildman–Crippen LogP) is 4.38. The molecule has 0 saturated carbocycles. The van der Waals surface area contributed by atoms with Crippen LogP contribution in [0.1, 0.15) is 30.0 Å². The molecule has 116 valence electrons. The van der Waals surface area contributed by atoms with Crippen LogP contribution in [-0.2, 0) is 6.54 Å². The topological polar surface area (TPSA) is 15.3 Å². The third kappa shape index (κ3) is 4.19. The summed E-state index contributed by atoms with van der Waals surface area (Å²) in [7, 11) is 0. The van der Waals surface area contributed by atoms with Gasteiger partial charge in [0.15, 0.2) is 0 Å². The van der Waals surface area contributed by atoms with Crippen LogP contribution in [0.15, 0.2) is 59.1 Å². The number of nitrogens with zero attached hydrogens (tertiary/aromatic N) is 1. The summed E-state index contributed by atoms with van der Waals surface area (Å²) in [5.41, 5.74) is 2.74. The van der Waals surface area contributed by atoms with Crippen molar-refractivity contribution < 1.29 is 0 Å². The first-order valence-corrected chi connectivity index (χ1v) is 8.86. The van der Waals surface area contributed by atoms with Gasteiger partial charge in [-0.1, -0.05) is 58.4 Å². The summed E-state index contributed by atoms with van der Waals surface area (Å²) in [6, 6.07) is 19.9. The van der Waals surface area contributed by atoms with Crippen molar-refractivity contribution >= 4 is 15.9 Å². The standard InChI is InChI=1S/C19H23BrN2/c20-18-10-6-7-16(13-18)14-21-15-19(22-11-4-5-12-22)17-8-2-1-3-9-17/h1-3,6-10,13,19,21H,4-5,11-12,14-15H2. The minimum atomic E-state index is 0.482. The van der Waals surface area contributed by atoms with Gasteiger partial charge in [0.2, 0.25) is 0 Å². The van der Waals surface area contributed by atoms with Gasteiger partial charge in [0.1, 0.15) is 0 Å². The zero-order valence-corrected chi connectivity index (χ0v) is 14.4. The van der Waals surface area contributed by atoms with Gasteiger partial charge >= 0.3 is 0 Å². The molecule has 2 aromatic rings. The maximum Gasteiger partial charge on any atom is 0.0472 e. The van der Waals surface area contributed by atoms with Crippen molar-refractivity contribution in [3.05, 3.63) is 70.2 Å². The van der Waals surface area contributed by atoms with Gasteiger partial charge in [-0.3, -0.25) is 4.90 Å². The summed E-state index contributed by atoms with van der Waals surface area (Å²) in [5, 5.41) is 3.64. The van der Waals surface area contributed by atoms with Gasteiger partial charge in [-0.15, -0.1) is 0 Å². The maximum absolute atomic E-state index is 3.64. The molecule has 0 radical (unpaired) electrons. The lowest BCUT2D eigenvalue weighted by atomic mass is 10.1. The number of benzene rings is 2. The summed E-state index contributed by atoms with van der Waals surface area (Å²) in [6.45, 7) is 4.35. The van der Waals surface area contributed by atoms with Crippen LogP contribution in [0, 0.1) is 0 Å². The number of hydrogen-bond acceptors (Lipinski definition) is 2. The van der Waals surface area contributed by atoms with Gasteiger partial charge in [0.25, 0.3) is 0 Å². The van der Waals surface area contributed by atoms with Gasteiger partial charge in [-0.25, -0.2) is 0 Å². The van der Waals surface area contributed by atoms with Gasteiger partial charge in [0, 0.05) is 23.6 Å². The molecule has 22 heavy (non-hydrogen) atoms. The molecule has 0 amide bonds. The Morgan fingerprint density at radius 2 is 1.77 bits per heavy atom. The molecule has 1 N–H and O–H groups in total. The average molecular weight is 359 g/mol. The molecule has 1 heterocycles. The van der Waals surface area contributed by atoms with Crippen LogP contribution in [0.3, 0.4) is 0 Å². The first-order chi connectivity index (χ1) is 10.8. The molecule has 0 aromatic heterocycles. The second kappa shape index (κ2) is 7.91. The van der Waals surface area contributed by atoms with E-state index < -0.39 is 0 Å². The summed E-state index contributed by atoms with van der Waals surface area (Å²) < 4.78 is 1.14. The SMILES string of the molecule is Brc1cccc(CNCC(c2ccccc2)N2CCCC2)c1. The van der Waals surface area contributed by atoms with Crippen molar-refractivity contribution in [1.82, 2.24) is 10.2 Å². The molecule has 2 nitrogen and oxygen atoms in total. The van der Waals surface area contributed by atoms with E-state index in [1.165, 1.54) is 37.1 Å². The molecular formula is C19H23BrN2. The fourth-order valence-electron chi connectivity index (χ4n) is 3.19. The molecule has 1 atom stereocenters. The lowest BCUT2D eigenvalue weighted by Gasteiger charge is -2.28. The molecule has 0 bridgehead atoms. The van der Waals surface area contributed by atoms with Crippen molar-refractivity contribution in [2.75, 3.05) is 19.6 Å². The fraction of sp³-hybridized carbons (Fsp3) is 0.368. The quantitative estimate of drug-likeness (QED) is 0.824. The van der Waals surface area contributed by atoms with E-state index in [-0.39, 0.29) is 0 Å². The van der Waals surface area contributed by atoms with E-state index in [1.54, 1.807) is 0 Å². The highest BCUT2D eigenvalue weighted by molar-refractivity contribution is 9.10. The average Bonchev–Trinajstić information content (AvgIpc) is 3.07. The van der Waals surface area contributed by atoms with Gasteiger partial charge < -0.3 is 5.32 Å². The molecule has 1 aliphatic heterocycles. The van der Waals surface area contributed by atoms with Crippen LogP contribution < -0.4 is 5.32 Å². The number of halogens is 1. The molecule has 2 aromatic carbocycles. The van der Waals surface area contributed by atoms with E-state index in [9.17, 15) is 0 Å². The largest absolute Gasteiger partial charge is 0.311 e. The zero-order valence-electron chi connectivity index (χ0n) is 12.8. The molecular weight excluding hydrogens is 336 g/mol. The Balaban J connectivity index is 1.63. The van der Waals surface area contributed by atoms with E-state index in [2.05, 4.69) is 80.7 Å². The summed E-state index contributed by atoms with van der Waals surface area (Å²) in [6.07, 6.45) is 2.66. The molecule has 1 aliphatic rings. The molecule has 1 fully saturated rings. The summed E-state index contributed by atoms with van der Waals surface area (Å²) in [4.78, 5) is 2.61. The fourth-order valence-corrected chi connectivity index (χ4v) is 3.63. The molecule has 0 spiro atoms. The van der Waals surface area contributed by atoms with Crippen molar-refractivity contribution in [2.45, 2.75) is 25.4 Å². The first kappa shape index (κ1) is 15.7. The van der Waals surface area contributed by atoms with Crippen LogP contribution in [0.25, 0.3) is 0 Å². The van der Waals surface area contributed by atoms with Crippen molar-refractivity contribution in [1.29, 1.82) is 0 Å². The Morgan fingerprint density at radius 3 is 2.50 bits per heavy atom. The normalized spacial score (nSPS) is 16.8. The van der Waals surface area contributed by atoms with Crippen molar-refractivity contribution in [2.24, 2.45) is 0 Å². The number of rotatable bonds is 6. The number of nitrogens with one attached hydrogen (secondary N) is 1. The van der Waals surface area contributed by atoms with Crippen LogP contribution >= 0.6 is 15.9 Å². The second-order valence-corrected chi connectivity index (χ2v) is 6.85. The van der Waals surface area contributed by atoms with Gasteiger partial charge in [-0.2, -0.15) is 0 Å². The number of hydrogen-bond donors (Lipinski definition) is 1. The van der Waals surface area contributed by atoms with E-state index in [0.29, 0.717) is 6.04 Å². The Labute approximate surface area is 141 Å². The Kier molecular flexibility index (Phi) is 5.65. The molecule has 3 rings (SSSR count). The van der Waals surface area contributed by atoms with E-state index in [1.807, 2.05) is 0 Å². The zero-order chi connectivity index (χ0) is 15.2. The van der Waals surface area contributed by atoms with Crippen LogP contribution in [0.4, 0.5) is 0 Å².